The second-order valence-corrected chi connectivity index (χ2v) is 14.7. The first-order chi connectivity index (χ1) is 21.5. The summed E-state index contributed by atoms with van der Waals surface area (Å²) in [5, 5.41) is 0.694. The lowest BCUT2D eigenvalue weighted by molar-refractivity contribution is -0.138. The molecule has 3 aromatic rings. The highest BCUT2D eigenvalue weighted by Gasteiger charge is 2.63. The molecule has 0 bridgehead atoms. The quantitative estimate of drug-likeness (QED) is 0.328. The van der Waals surface area contributed by atoms with E-state index in [9.17, 15) is 13.2 Å². The molecular formula is C33H36Cl2N4O5S. The lowest BCUT2D eigenvalue weighted by Gasteiger charge is -2.42. The van der Waals surface area contributed by atoms with E-state index in [2.05, 4.69) is 4.90 Å². The number of ether oxygens (including phenoxy) is 1. The number of anilines is 1. The molecule has 3 aromatic carbocycles. The summed E-state index contributed by atoms with van der Waals surface area (Å²) in [5.74, 6) is -0.467. The van der Waals surface area contributed by atoms with Gasteiger partial charge in [0.25, 0.3) is 15.9 Å². The summed E-state index contributed by atoms with van der Waals surface area (Å²) in [6, 6.07) is 15.5. The van der Waals surface area contributed by atoms with Crippen LogP contribution in [0, 0.1) is 0 Å². The van der Waals surface area contributed by atoms with Gasteiger partial charge in [0.05, 0.1) is 23.7 Å². The van der Waals surface area contributed by atoms with Gasteiger partial charge in [-0.05, 0) is 92.9 Å². The topological polar surface area (TPSA) is 90.5 Å². The van der Waals surface area contributed by atoms with E-state index in [1.165, 1.54) is 29.2 Å². The van der Waals surface area contributed by atoms with Gasteiger partial charge in [0.15, 0.2) is 5.54 Å². The highest BCUT2D eigenvalue weighted by atomic mass is 35.5. The van der Waals surface area contributed by atoms with Crippen molar-refractivity contribution in [3.05, 3.63) is 87.4 Å². The van der Waals surface area contributed by atoms with Gasteiger partial charge in [-0.2, -0.15) is 0 Å². The van der Waals surface area contributed by atoms with Gasteiger partial charge in [-0.25, -0.2) is 12.7 Å². The summed E-state index contributed by atoms with van der Waals surface area (Å²) in [7, 11) is 0.473. The van der Waals surface area contributed by atoms with Crippen molar-refractivity contribution in [1.82, 2.24) is 14.7 Å². The van der Waals surface area contributed by atoms with Crippen LogP contribution in [0.5, 0.6) is 5.75 Å². The van der Waals surface area contributed by atoms with Crippen molar-refractivity contribution < 1.29 is 22.7 Å². The molecule has 2 atom stereocenters. The van der Waals surface area contributed by atoms with Crippen molar-refractivity contribution in [3.8, 4) is 5.75 Å². The average molecular weight is 672 g/mol. The predicted octanol–water partition coefficient (Wildman–Crippen LogP) is 5.13. The number of carbonyl (C=O) groups is 2. The molecule has 0 aliphatic carbocycles. The number of likely N-dealkylation sites (tertiary alicyclic amines) is 2. The largest absolute Gasteiger partial charge is 0.496 e. The number of benzene rings is 3. The highest BCUT2D eigenvalue weighted by molar-refractivity contribution is 7.93. The standard InChI is InChI=1S/C33H36Cl2N4O5S/c1-36(2)31(40)29-7-6-18-38(29)33(26-14-8-22(19-30(26)44-3)21-37-16-4-5-17-37)27-20-24(35)11-15-28(27)39(32(33)41)45(42,43)25-12-9-23(34)10-13-25/h8-15,19-20,29H,4-7,16-18,21H2,1-3H3/t29-,33?/m0/s1. The van der Waals surface area contributed by atoms with Crippen LogP contribution in [0.2, 0.25) is 10.0 Å². The van der Waals surface area contributed by atoms with Crippen LogP contribution in [-0.2, 0) is 31.7 Å². The molecule has 3 aliphatic rings. The molecule has 45 heavy (non-hydrogen) atoms. The zero-order valence-corrected chi connectivity index (χ0v) is 27.8. The molecule has 0 spiro atoms. The maximum absolute atomic E-state index is 15.3. The Balaban J connectivity index is 1.61. The summed E-state index contributed by atoms with van der Waals surface area (Å²) in [4.78, 5) is 34.6. The number of fused-ring (bicyclic) bond motifs is 1. The third-order valence-electron chi connectivity index (χ3n) is 9.08. The number of methoxy groups -OCH3 is 1. The summed E-state index contributed by atoms with van der Waals surface area (Å²) in [6.07, 6.45) is 3.44. The number of hydrogen-bond acceptors (Lipinski definition) is 7. The highest BCUT2D eigenvalue weighted by Crippen LogP contribution is 2.55. The van der Waals surface area contributed by atoms with Gasteiger partial charge in [-0.15, -0.1) is 0 Å². The Morgan fingerprint density at radius 2 is 1.62 bits per heavy atom. The number of nitrogens with zero attached hydrogens (tertiary/aromatic N) is 4. The van der Waals surface area contributed by atoms with Crippen molar-refractivity contribution >= 4 is 50.7 Å². The lowest BCUT2D eigenvalue weighted by Crippen LogP contribution is -2.59. The molecule has 3 aliphatic heterocycles. The van der Waals surface area contributed by atoms with Crippen molar-refractivity contribution in [2.75, 3.05) is 45.1 Å². The van der Waals surface area contributed by atoms with Crippen LogP contribution in [0.3, 0.4) is 0 Å². The Morgan fingerprint density at radius 1 is 0.933 bits per heavy atom. The fourth-order valence-corrected chi connectivity index (χ4v) is 8.80. The van der Waals surface area contributed by atoms with Crippen LogP contribution in [0.4, 0.5) is 5.69 Å². The SMILES string of the molecule is COc1cc(CN2CCCC2)ccc1C1(N2CCC[C@H]2C(=O)N(C)C)C(=O)N(S(=O)(=O)c2ccc(Cl)cc2)c2ccc(Cl)cc21. The van der Waals surface area contributed by atoms with E-state index in [0.29, 0.717) is 46.3 Å². The molecule has 2 amide bonds. The minimum Gasteiger partial charge on any atom is -0.496 e. The molecule has 0 radical (unpaired) electrons. The Morgan fingerprint density at radius 3 is 2.29 bits per heavy atom. The normalized spacial score (nSPS) is 22.2. The Hall–Kier alpha value is -3.15. The zero-order valence-electron chi connectivity index (χ0n) is 25.5. The van der Waals surface area contributed by atoms with Gasteiger partial charge >= 0.3 is 0 Å². The number of likely N-dealkylation sites (N-methyl/N-ethyl adjacent to an activating group) is 1. The maximum atomic E-state index is 15.3. The molecule has 1 unspecified atom stereocenters. The molecule has 6 rings (SSSR count). The first-order valence-electron chi connectivity index (χ1n) is 15.0. The third-order valence-corrected chi connectivity index (χ3v) is 11.3. The van der Waals surface area contributed by atoms with E-state index in [1.807, 2.05) is 23.1 Å². The van der Waals surface area contributed by atoms with Crippen LogP contribution < -0.4 is 9.04 Å². The molecule has 0 aromatic heterocycles. The van der Waals surface area contributed by atoms with E-state index >= 15 is 4.79 Å². The predicted molar refractivity (Wildman–Crippen MR) is 174 cm³/mol. The molecule has 0 N–H and O–H groups in total. The average Bonchev–Trinajstić information content (AvgIpc) is 3.76. The minimum absolute atomic E-state index is 0.0905. The smallest absolute Gasteiger partial charge is 0.271 e. The van der Waals surface area contributed by atoms with Crippen LogP contribution in [0.1, 0.15) is 42.4 Å². The van der Waals surface area contributed by atoms with E-state index in [1.54, 1.807) is 39.4 Å². The number of sulfonamides is 1. The summed E-state index contributed by atoms with van der Waals surface area (Å²) >= 11 is 12.7. The van der Waals surface area contributed by atoms with Gasteiger partial charge < -0.3 is 9.64 Å². The summed E-state index contributed by atoms with van der Waals surface area (Å²) < 4.78 is 35.6. The number of carbonyl (C=O) groups excluding carboxylic acids is 2. The van der Waals surface area contributed by atoms with Crippen molar-refractivity contribution in [2.24, 2.45) is 0 Å². The molecule has 238 valence electrons. The second kappa shape index (κ2) is 12.2. The van der Waals surface area contributed by atoms with Crippen molar-refractivity contribution in [3.63, 3.8) is 0 Å². The zero-order chi connectivity index (χ0) is 32.1. The lowest BCUT2D eigenvalue weighted by atomic mass is 9.80. The van der Waals surface area contributed by atoms with Crippen LogP contribution in [0.25, 0.3) is 0 Å². The summed E-state index contributed by atoms with van der Waals surface area (Å²) in [6.45, 7) is 3.12. The molecule has 9 nitrogen and oxygen atoms in total. The molecule has 2 fully saturated rings. The Kier molecular flexibility index (Phi) is 8.64. The van der Waals surface area contributed by atoms with Crippen molar-refractivity contribution in [2.45, 2.75) is 48.7 Å². The fraction of sp³-hybridized carbons (Fsp3) is 0.394. The molecule has 12 heteroatoms. The van der Waals surface area contributed by atoms with Gasteiger partial charge in [-0.3, -0.25) is 19.4 Å². The maximum Gasteiger partial charge on any atom is 0.271 e. The Bertz CT molecular complexity index is 1740. The fourth-order valence-electron chi connectivity index (χ4n) is 7.04. The number of amides is 2. The first kappa shape index (κ1) is 31.8. The molecule has 3 heterocycles. The van der Waals surface area contributed by atoms with E-state index in [0.717, 1.165) is 42.3 Å². The van der Waals surface area contributed by atoms with Crippen LogP contribution in [0.15, 0.2) is 65.6 Å². The summed E-state index contributed by atoms with van der Waals surface area (Å²) in [5.41, 5.74) is 0.282. The second-order valence-electron chi connectivity index (χ2n) is 12.0. The van der Waals surface area contributed by atoms with Gasteiger partial charge in [0.1, 0.15) is 5.75 Å². The van der Waals surface area contributed by atoms with E-state index in [-0.39, 0.29) is 16.5 Å². The van der Waals surface area contributed by atoms with Gasteiger partial charge in [0, 0.05) is 48.4 Å². The van der Waals surface area contributed by atoms with Crippen LogP contribution >= 0.6 is 23.2 Å². The molecule has 0 saturated carbocycles. The first-order valence-corrected chi connectivity index (χ1v) is 17.2. The minimum atomic E-state index is -4.42. The van der Waals surface area contributed by atoms with E-state index < -0.39 is 27.5 Å². The molecular weight excluding hydrogens is 635 g/mol. The van der Waals surface area contributed by atoms with Crippen LogP contribution in [-0.4, -0.2) is 81.8 Å². The molecule has 2 saturated heterocycles. The number of rotatable bonds is 8. The van der Waals surface area contributed by atoms with Crippen molar-refractivity contribution in [1.29, 1.82) is 0 Å². The van der Waals surface area contributed by atoms with Gasteiger partial charge in [0.2, 0.25) is 5.91 Å². The number of halogens is 2. The monoisotopic (exact) mass is 670 g/mol. The Labute approximate surface area is 274 Å². The third kappa shape index (κ3) is 5.30. The van der Waals surface area contributed by atoms with E-state index in [4.69, 9.17) is 27.9 Å². The number of hydrogen-bond donors (Lipinski definition) is 0. The van der Waals surface area contributed by atoms with Gasteiger partial charge in [-0.1, -0.05) is 35.3 Å².